The summed E-state index contributed by atoms with van der Waals surface area (Å²) in [5.41, 5.74) is 0. The van der Waals surface area contributed by atoms with E-state index in [0.717, 1.165) is 31.9 Å². The van der Waals surface area contributed by atoms with Gasteiger partial charge in [-0.3, -0.25) is 4.90 Å². The van der Waals surface area contributed by atoms with E-state index in [1.807, 2.05) is 4.68 Å². The average Bonchev–Trinajstić information content (AvgIpc) is 3.01. The molecule has 1 aromatic rings. The molecule has 1 N–H and O–H groups in total. The van der Waals surface area contributed by atoms with Gasteiger partial charge in [-0.25, -0.2) is 9.67 Å². The lowest BCUT2D eigenvalue weighted by molar-refractivity contribution is 0.186. The Kier molecular flexibility index (Phi) is 5.34. The molecule has 5 nitrogen and oxygen atoms in total. The van der Waals surface area contributed by atoms with Crippen molar-refractivity contribution >= 4 is 0 Å². The Bertz CT molecular complexity index is 368. The van der Waals surface area contributed by atoms with E-state index in [1.54, 1.807) is 6.33 Å². The fourth-order valence-electron chi connectivity index (χ4n) is 2.64. The number of rotatable bonds is 7. The summed E-state index contributed by atoms with van der Waals surface area (Å²) in [7, 11) is 0. The first kappa shape index (κ1) is 14.5. The van der Waals surface area contributed by atoms with E-state index < -0.39 is 0 Å². The fraction of sp³-hybridized carbons (Fsp3) is 0.857. The lowest BCUT2D eigenvalue weighted by atomic mass is 10.2. The molecule has 0 aliphatic carbocycles. The summed E-state index contributed by atoms with van der Waals surface area (Å²) < 4.78 is 2.04. The van der Waals surface area contributed by atoms with E-state index in [2.05, 4.69) is 41.1 Å². The number of nitrogens with zero attached hydrogens (tertiary/aromatic N) is 4. The van der Waals surface area contributed by atoms with Gasteiger partial charge in [-0.05, 0) is 39.7 Å². The molecule has 1 atom stereocenters. The van der Waals surface area contributed by atoms with E-state index in [-0.39, 0.29) is 0 Å². The van der Waals surface area contributed by atoms with Crippen molar-refractivity contribution in [3.63, 3.8) is 0 Å². The Morgan fingerprint density at radius 3 is 3.00 bits per heavy atom. The van der Waals surface area contributed by atoms with Crippen LogP contribution in [0.3, 0.4) is 0 Å². The molecular weight excluding hydrogens is 238 g/mol. The molecule has 1 aromatic heterocycles. The van der Waals surface area contributed by atoms with Crippen LogP contribution >= 0.6 is 0 Å². The molecule has 19 heavy (non-hydrogen) atoms. The molecule has 0 aromatic carbocycles. The van der Waals surface area contributed by atoms with Crippen LogP contribution in [-0.4, -0.2) is 44.8 Å². The smallest absolute Gasteiger partial charge is 0.141 e. The summed E-state index contributed by atoms with van der Waals surface area (Å²) in [5.74, 6) is 1.09. The van der Waals surface area contributed by atoms with Crippen molar-refractivity contribution in [2.24, 2.45) is 0 Å². The molecule has 0 spiro atoms. The molecule has 0 radical (unpaired) electrons. The van der Waals surface area contributed by atoms with E-state index in [9.17, 15) is 0 Å². The second kappa shape index (κ2) is 7.01. The third-order valence-electron chi connectivity index (χ3n) is 3.82. The van der Waals surface area contributed by atoms with Crippen LogP contribution in [0, 0.1) is 0 Å². The maximum atomic E-state index is 4.42. The van der Waals surface area contributed by atoms with Crippen LogP contribution in [0.4, 0.5) is 0 Å². The zero-order valence-corrected chi connectivity index (χ0v) is 12.5. The maximum Gasteiger partial charge on any atom is 0.141 e. The average molecular weight is 265 g/mol. The van der Waals surface area contributed by atoms with Gasteiger partial charge in [0.15, 0.2) is 0 Å². The highest BCUT2D eigenvalue weighted by Crippen LogP contribution is 2.12. The minimum absolute atomic E-state index is 0.536. The highest BCUT2D eigenvalue weighted by molar-refractivity contribution is 4.88. The van der Waals surface area contributed by atoms with E-state index in [4.69, 9.17) is 0 Å². The van der Waals surface area contributed by atoms with Crippen molar-refractivity contribution in [2.75, 3.05) is 13.1 Å². The second-order valence-corrected chi connectivity index (χ2v) is 5.72. The Labute approximate surface area is 116 Å². The molecule has 2 rings (SSSR count). The molecule has 1 saturated heterocycles. The molecule has 0 bridgehead atoms. The standard InChI is InChI=1S/C14H27N5/c1-4-8-19-14(16-11-17-19)10-18(12(2)3)9-13-6-5-7-15-13/h11-13,15H,4-10H2,1-3H3. The monoisotopic (exact) mass is 265 g/mol. The van der Waals surface area contributed by atoms with Crippen LogP contribution in [0.5, 0.6) is 0 Å². The van der Waals surface area contributed by atoms with Crippen LogP contribution in [-0.2, 0) is 13.1 Å². The molecule has 1 unspecified atom stereocenters. The van der Waals surface area contributed by atoms with Crippen molar-refractivity contribution in [1.29, 1.82) is 0 Å². The zero-order chi connectivity index (χ0) is 13.7. The Hall–Kier alpha value is -0.940. The summed E-state index contributed by atoms with van der Waals surface area (Å²) in [6.45, 7) is 10.8. The molecule has 108 valence electrons. The SMILES string of the molecule is CCCn1ncnc1CN(CC1CCCN1)C(C)C. The van der Waals surface area contributed by atoms with Gasteiger partial charge in [0.05, 0.1) is 6.54 Å². The van der Waals surface area contributed by atoms with Gasteiger partial charge in [-0.15, -0.1) is 0 Å². The van der Waals surface area contributed by atoms with Gasteiger partial charge in [-0.2, -0.15) is 5.10 Å². The highest BCUT2D eigenvalue weighted by atomic mass is 15.3. The van der Waals surface area contributed by atoms with Crippen molar-refractivity contribution in [3.8, 4) is 0 Å². The predicted molar refractivity (Wildman–Crippen MR) is 76.9 cm³/mol. The van der Waals surface area contributed by atoms with Crippen LogP contribution in [0.1, 0.15) is 45.9 Å². The van der Waals surface area contributed by atoms with Gasteiger partial charge in [0.2, 0.25) is 0 Å². The number of aromatic nitrogens is 3. The van der Waals surface area contributed by atoms with Crippen molar-refractivity contribution in [1.82, 2.24) is 25.0 Å². The molecule has 5 heteroatoms. The lowest BCUT2D eigenvalue weighted by Crippen LogP contribution is -2.41. The van der Waals surface area contributed by atoms with Crippen molar-refractivity contribution in [3.05, 3.63) is 12.2 Å². The van der Waals surface area contributed by atoms with Crippen LogP contribution in [0.15, 0.2) is 6.33 Å². The first-order valence-electron chi connectivity index (χ1n) is 7.54. The van der Waals surface area contributed by atoms with Crippen LogP contribution in [0.25, 0.3) is 0 Å². The number of hydrogen-bond acceptors (Lipinski definition) is 4. The van der Waals surface area contributed by atoms with Gasteiger partial charge in [0.1, 0.15) is 12.2 Å². The summed E-state index contributed by atoms with van der Waals surface area (Å²) in [6.07, 6.45) is 5.38. The van der Waals surface area contributed by atoms with Gasteiger partial charge in [-0.1, -0.05) is 6.92 Å². The Balaban J connectivity index is 1.96. The lowest BCUT2D eigenvalue weighted by Gasteiger charge is -2.28. The molecular formula is C14H27N5. The zero-order valence-electron chi connectivity index (χ0n) is 12.5. The summed E-state index contributed by atoms with van der Waals surface area (Å²) in [5, 5.41) is 7.89. The normalized spacial score (nSPS) is 19.7. The van der Waals surface area contributed by atoms with Crippen LogP contribution in [0.2, 0.25) is 0 Å². The molecule has 1 aliphatic rings. The summed E-state index contributed by atoms with van der Waals surface area (Å²) >= 11 is 0. The van der Waals surface area contributed by atoms with E-state index in [0.29, 0.717) is 12.1 Å². The minimum Gasteiger partial charge on any atom is -0.313 e. The maximum absolute atomic E-state index is 4.42. The van der Waals surface area contributed by atoms with Gasteiger partial charge >= 0.3 is 0 Å². The molecule has 1 fully saturated rings. The van der Waals surface area contributed by atoms with Crippen molar-refractivity contribution < 1.29 is 0 Å². The van der Waals surface area contributed by atoms with Gasteiger partial charge < -0.3 is 5.32 Å². The first-order valence-corrected chi connectivity index (χ1v) is 7.54. The summed E-state index contributed by atoms with van der Waals surface area (Å²) in [6, 6.07) is 1.18. The number of aryl methyl sites for hydroxylation is 1. The highest BCUT2D eigenvalue weighted by Gasteiger charge is 2.21. The topological polar surface area (TPSA) is 46.0 Å². The summed E-state index contributed by atoms with van der Waals surface area (Å²) in [4.78, 5) is 6.92. The quantitative estimate of drug-likeness (QED) is 0.814. The van der Waals surface area contributed by atoms with Gasteiger partial charge in [0, 0.05) is 25.2 Å². The molecule has 1 aliphatic heterocycles. The fourth-order valence-corrected chi connectivity index (χ4v) is 2.64. The van der Waals surface area contributed by atoms with Crippen LogP contribution < -0.4 is 5.32 Å². The predicted octanol–water partition coefficient (Wildman–Crippen LogP) is 1.65. The molecule has 0 saturated carbocycles. The van der Waals surface area contributed by atoms with Gasteiger partial charge in [0.25, 0.3) is 0 Å². The molecule has 0 amide bonds. The third-order valence-corrected chi connectivity index (χ3v) is 3.82. The largest absolute Gasteiger partial charge is 0.313 e. The second-order valence-electron chi connectivity index (χ2n) is 5.72. The van der Waals surface area contributed by atoms with E-state index in [1.165, 1.54) is 19.4 Å². The Morgan fingerprint density at radius 2 is 2.37 bits per heavy atom. The third kappa shape index (κ3) is 4.01. The Morgan fingerprint density at radius 1 is 1.53 bits per heavy atom. The number of nitrogens with one attached hydrogen (secondary N) is 1. The minimum atomic E-state index is 0.536. The molecule has 2 heterocycles. The van der Waals surface area contributed by atoms with E-state index >= 15 is 0 Å². The van der Waals surface area contributed by atoms with Crippen molar-refractivity contribution in [2.45, 2.75) is 65.2 Å². The first-order chi connectivity index (χ1) is 9.20. The number of hydrogen-bond donors (Lipinski definition) is 1.